The number of ether oxygens (including phenoxy) is 1. The van der Waals surface area contributed by atoms with E-state index in [2.05, 4.69) is 6.07 Å². The van der Waals surface area contributed by atoms with E-state index in [1.807, 2.05) is 55.5 Å². The summed E-state index contributed by atoms with van der Waals surface area (Å²) in [5, 5.41) is 18.9. The number of hydrogen-bond donors (Lipinski definition) is 1. The van der Waals surface area contributed by atoms with Crippen LogP contribution in [0.15, 0.2) is 54.7 Å². The Morgan fingerprint density at radius 2 is 1.81 bits per heavy atom. The standard InChI is InChI=1S/C21H18N2O3/c1-3-26-18-7-5-4-6-17(18)14-8-10-15(11-9-14)19-16(12-22)13-23(2)20(19)21(24)25/h4-11,13H,3H2,1-2H3,(H,24,25). The molecule has 1 N–H and O–H groups in total. The van der Waals surface area contributed by atoms with Crippen LogP contribution in [0.25, 0.3) is 22.3 Å². The molecule has 0 radical (unpaired) electrons. The third-order valence-corrected chi connectivity index (χ3v) is 4.18. The average molecular weight is 346 g/mol. The number of rotatable bonds is 5. The van der Waals surface area contributed by atoms with Crippen molar-refractivity contribution in [1.82, 2.24) is 4.57 Å². The molecule has 0 saturated heterocycles. The summed E-state index contributed by atoms with van der Waals surface area (Å²) in [5.74, 6) is -0.263. The molecule has 0 aliphatic heterocycles. The number of carboxylic acid groups (broad SMARTS) is 1. The molecule has 0 spiro atoms. The average Bonchev–Trinajstić information content (AvgIpc) is 2.99. The summed E-state index contributed by atoms with van der Waals surface area (Å²) < 4.78 is 7.14. The van der Waals surface area contributed by atoms with E-state index in [1.165, 1.54) is 10.8 Å². The van der Waals surface area contributed by atoms with Crippen molar-refractivity contribution in [2.24, 2.45) is 7.05 Å². The van der Waals surface area contributed by atoms with Crippen molar-refractivity contribution in [2.75, 3.05) is 6.61 Å². The fourth-order valence-corrected chi connectivity index (χ4v) is 3.06. The summed E-state index contributed by atoms with van der Waals surface area (Å²) in [6.45, 7) is 2.51. The Morgan fingerprint density at radius 1 is 1.15 bits per heavy atom. The molecular weight excluding hydrogens is 328 g/mol. The van der Waals surface area contributed by atoms with Gasteiger partial charge in [0.1, 0.15) is 17.5 Å². The first-order valence-electron chi connectivity index (χ1n) is 8.22. The Labute approximate surface area is 151 Å². The predicted molar refractivity (Wildman–Crippen MR) is 99.1 cm³/mol. The van der Waals surface area contributed by atoms with Crippen LogP contribution >= 0.6 is 0 Å². The first-order valence-corrected chi connectivity index (χ1v) is 8.22. The topological polar surface area (TPSA) is 75.2 Å². The lowest BCUT2D eigenvalue weighted by Gasteiger charge is -2.11. The molecule has 0 atom stereocenters. The van der Waals surface area contributed by atoms with Crippen LogP contribution in [0.5, 0.6) is 5.75 Å². The second-order valence-corrected chi connectivity index (χ2v) is 5.80. The quantitative estimate of drug-likeness (QED) is 0.746. The van der Waals surface area contributed by atoms with Gasteiger partial charge in [0.15, 0.2) is 0 Å². The minimum absolute atomic E-state index is 0.101. The molecule has 0 amide bonds. The number of aromatic carboxylic acids is 1. The van der Waals surface area contributed by atoms with Crippen LogP contribution in [0.1, 0.15) is 23.0 Å². The lowest BCUT2D eigenvalue weighted by atomic mass is 9.98. The van der Waals surface area contributed by atoms with Crippen LogP contribution < -0.4 is 4.74 Å². The maximum atomic E-state index is 11.6. The molecule has 0 aliphatic carbocycles. The van der Waals surface area contributed by atoms with Gasteiger partial charge in [-0.05, 0) is 24.1 Å². The fraction of sp³-hybridized carbons (Fsp3) is 0.143. The molecule has 0 bridgehead atoms. The van der Waals surface area contributed by atoms with Crippen molar-refractivity contribution in [3.63, 3.8) is 0 Å². The van der Waals surface area contributed by atoms with Gasteiger partial charge in [-0.15, -0.1) is 0 Å². The van der Waals surface area contributed by atoms with Crippen LogP contribution in [0.3, 0.4) is 0 Å². The summed E-state index contributed by atoms with van der Waals surface area (Å²) in [6, 6.07) is 17.3. The van der Waals surface area contributed by atoms with Crippen LogP contribution in [-0.2, 0) is 7.05 Å². The van der Waals surface area contributed by atoms with E-state index in [9.17, 15) is 15.2 Å². The van der Waals surface area contributed by atoms with Crippen molar-refractivity contribution < 1.29 is 14.6 Å². The third kappa shape index (κ3) is 3.05. The van der Waals surface area contributed by atoms with Gasteiger partial charge in [0.05, 0.1) is 12.2 Å². The van der Waals surface area contributed by atoms with Gasteiger partial charge in [-0.1, -0.05) is 42.5 Å². The largest absolute Gasteiger partial charge is 0.493 e. The summed E-state index contributed by atoms with van der Waals surface area (Å²) >= 11 is 0. The number of aromatic nitrogens is 1. The Morgan fingerprint density at radius 3 is 2.42 bits per heavy atom. The second kappa shape index (κ2) is 7.16. The van der Waals surface area contributed by atoms with Gasteiger partial charge < -0.3 is 14.4 Å². The number of para-hydroxylation sites is 1. The highest BCUT2D eigenvalue weighted by Gasteiger charge is 2.21. The molecule has 130 valence electrons. The minimum Gasteiger partial charge on any atom is -0.493 e. The van der Waals surface area contributed by atoms with Crippen LogP contribution in [0.2, 0.25) is 0 Å². The third-order valence-electron chi connectivity index (χ3n) is 4.18. The summed E-state index contributed by atoms with van der Waals surface area (Å²) in [5.41, 5.74) is 3.50. The molecular formula is C21H18N2O3. The zero-order valence-corrected chi connectivity index (χ0v) is 14.6. The summed E-state index contributed by atoms with van der Waals surface area (Å²) in [6.07, 6.45) is 1.54. The van der Waals surface area contributed by atoms with Gasteiger partial charge in [-0.3, -0.25) is 0 Å². The Hall–Kier alpha value is -3.52. The summed E-state index contributed by atoms with van der Waals surface area (Å²) in [7, 11) is 1.63. The van der Waals surface area contributed by atoms with E-state index >= 15 is 0 Å². The molecule has 3 rings (SSSR count). The molecule has 5 nitrogen and oxygen atoms in total. The van der Waals surface area contributed by atoms with Crippen molar-refractivity contribution in [3.8, 4) is 34.1 Å². The molecule has 1 heterocycles. The molecule has 5 heteroatoms. The van der Waals surface area contributed by atoms with Crippen LogP contribution in [0, 0.1) is 11.3 Å². The Kier molecular flexibility index (Phi) is 4.76. The number of benzene rings is 2. The van der Waals surface area contributed by atoms with Crippen LogP contribution in [-0.4, -0.2) is 22.2 Å². The van der Waals surface area contributed by atoms with E-state index < -0.39 is 5.97 Å². The molecule has 26 heavy (non-hydrogen) atoms. The van der Waals surface area contributed by atoms with Gasteiger partial charge in [-0.2, -0.15) is 5.26 Å². The lowest BCUT2D eigenvalue weighted by molar-refractivity contribution is 0.0687. The van der Waals surface area contributed by atoms with Crippen molar-refractivity contribution in [3.05, 3.63) is 66.0 Å². The van der Waals surface area contributed by atoms with E-state index in [1.54, 1.807) is 7.05 Å². The smallest absolute Gasteiger partial charge is 0.353 e. The number of nitriles is 1. The first-order chi connectivity index (χ1) is 12.6. The lowest BCUT2D eigenvalue weighted by Crippen LogP contribution is -2.05. The predicted octanol–water partition coefficient (Wildman–Crippen LogP) is 4.33. The van der Waals surface area contributed by atoms with Crippen LogP contribution in [0.4, 0.5) is 0 Å². The number of nitrogens with zero attached hydrogens (tertiary/aromatic N) is 2. The molecule has 0 aliphatic rings. The highest BCUT2D eigenvalue weighted by Crippen LogP contribution is 2.34. The Bertz CT molecular complexity index is 995. The highest BCUT2D eigenvalue weighted by molar-refractivity contribution is 5.97. The van der Waals surface area contributed by atoms with Gasteiger partial charge in [0.2, 0.25) is 0 Å². The first kappa shape index (κ1) is 17.3. The fourth-order valence-electron chi connectivity index (χ4n) is 3.06. The molecule has 0 saturated carbocycles. The van der Waals surface area contributed by atoms with E-state index in [-0.39, 0.29) is 5.69 Å². The number of carboxylic acids is 1. The monoisotopic (exact) mass is 346 g/mol. The van der Waals surface area contributed by atoms with Gasteiger partial charge in [-0.25, -0.2) is 4.79 Å². The minimum atomic E-state index is -1.06. The number of hydrogen-bond acceptors (Lipinski definition) is 3. The van der Waals surface area contributed by atoms with E-state index in [0.717, 1.165) is 16.9 Å². The summed E-state index contributed by atoms with van der Waals surface area (Å²) in [4.78, 5) is 11.6. The Balaban J connectivity index is 2.08. The number of aryl methyl sites for hydroxylation is 1. The van der Waals surface area contributed by atoms with Crippen molar-refractivity contribution >= 4 is 5.97 Å². The molecule has 0 fully saturated rings. The van der Waals surface area contributed by atoms with Gasteiger partial charge in [0, 0.05) is 24.4 Å². The van der Waals surface area contributed by atoms with Crippen molar-refractivity contribution in [2.45, 2.75) is 6.92 Å². The molecule has 3 aromatic rings. The molecule has 2 aromatic carbocycles. The zero-order chi connectivity index (χ0) is 18.7. The van der Waals surface area contributed by atoms with Gasteiger partial charge in [0.25, 0.3) is 0 Å². The SMILES string of the molecule is CCOc1ccccc1-c1ccc(-c2c(C#N)cn(C)c2C(=O)O)cc1. The van der Waals surface area contributed by atoms with E-state index in [0.29, 0.717) is 23.3 Å². The normalized spacial score (nSPS) is 10.3. The van der Waals surface area contributed by atoms with E-state index in [4.69, 9.17) is 4.74 Å². The maximum Gasteiger partial charge on any atom is 0.353 e. The highest BCUT2D eigenvalue weighted by atomic mass is 16.5. The van der Waals surface area contributed by atoms with Crippen molar-refractivity contribution in [1.29, 1.82) is 5.26 Å². The zero-order valence-electron chi connectivity index (χ0n) is 14.6. The molecule has 1 aromatic heterocycles. The molecule has 0 unspecified atom stereocenters. The van der Waals surface area contributed by atoms with Gasteiger partial charge >= 0.3 is 5.97 Å². The second-order valence-electron chi connectivity index (χ2n) is 5.80. The number of carbonyl (C=O) groups is 1. The maximum absolute atomic E-state index is 11.6.